The zero-order valence-corrected chi connectivity index (χ0v) is 26.2. The maximum Gasteiger partial charge on any atom is 0.488 e. The molecule has 212 valence electrons. The molecule has 4 rings (SSSR count). The lowest BCUT2D eigenvalue weighted by molar-refractivity contribution is 0.425. The number of aromatic nitrogens is 4. The Morgan fingerprint density at radius 2 is 1.00 bits per heavy atom. The van der Waals surface area contributed by atoms with Crippen LogP contribution in [0.15, 0.2) is 61.2 Å². The highest BCUT2D eigenvalue weighted by Crippen LogP contribution is 2.25. The first-order valence-corrected chi connectivity index (χ1v) is 13.7. The van der Waals surface area contributed by atoms with E-state index in [0.29, 0.717) is 10.6 Å². The van der Waals surface area contributed by atoms with Gasteiger partial charge in [0.15, 0.2) is 0 Å². The van der Waals surface area contributed by atoms with Gasteiger partial charge >= 0.3 is 7.12 Å². The summed E-state index contributed by atoms with van der Waals surface area (Å²) in [7, 11) is -1.35. The minimum atomic E-state index is -1.35. The van der Waals surface area contributed by atoms with Gasteiger partial charge in [-0.3, -0.25) is 0 Å². The molecule has 8 heteroatoms. The number of aryl methyl sites for hydroxylation is 4. The third-order valence-electron chi connectivity index (χ3n) is 5.90. The maximum absolute atomic E-state index is 8.83. The number of rotatable bonds is 2. The van der Waals surface area contributed by atoms with Crippen LogP contribution >= 0.6 is 11.6 Å². The van der Waals surface area contributed by atoms with Gasteiger partial charge < -0.3 is 10.0 Å². The summed E-state index contributed by atoms with van der Waals surface area (Å²) in [5.74, 6) is 0. The molecule has 0 saturated carbocycles. The summed E-state index contributed by atoms with van der Waals surface area (Å²) in [5.41, 5.74) is 9.50. The summed E-state index contributed by atoms with van der Waals surface area (Å²) < 4.78 is 0. The monoisotopic (exact) mass is 560 g/mol. The van der Waals surface area contributed by atoms with Crippen LogP contribution < -0.4 is 5.46 Å². The van der Waals surface area contributed by atoms with Crippen LogP contribution in [-0.4, -0.2) is 37.1 Å². The van der Waals surface area contributed by atoms with Gasteiger partial charge in [0.25, 0.3) is 0 Å². The van der Waals surface area contributed by atoms with Crippen LogP contribution in [-0.2, 0) is 10.8 Å². The van der Waals surface area contributed by atoms with Gasteiger partial charge in [-0.25, -0.2) is 19.9 Å². The molecule has 0 aliphatic carbocycles. The molecule has 6 nitrogen and oxygen atoms in total. The number of benzene rings is 2. The Bertz CT molecular complexity index is 1370. The second-order valence-electron chi connectivity index (χ2n) is 12.2. The van der Waals surface area contributed by atoms with Crippen LogP contribution in [0.1, 0.15) is 75.2 Å². The van der Waals surface area contributed by atoms with Crippen molar-refractivity contribution in [3.8, 4) is 11.3 Å². The van der Waals surface area contributed by atoms with E-state index in [0.717, 1.165) is 28.2 Å². The van der Waals surface area contributed by atoms with Crippen LogP contribution in [0, 0.1) is 27.7 Å². The second kappa shape index (κ2) is 14.0. The molecule has 0 radical (unpaired) electrons. The Morgan fingerprint density at radius 3 is 1.40 bits per heavy atom. The number of nitrogens with zero attached hydrogens (tertiary/aromatic N) is 4. The van der Waals surface area contributed by atoms with Crippen molar-refractivity contribution in [3.05, 3.63) is 100.0 Å². The lowest BCUT2D eigenvalue weighted by Gasteiger charge is -2.18. The molecule has 2 aromatic heterocycles. The quantitative estimate of drug-likeness (QED) is 0.216. The van der Waals surface area contributed by atoms with Crippen molar-refractivity contribution < 1.29 is 10.0 Å². The molecule has 40 heavy (non-hydrogen) atoms. The fraction of sp³-hybridized carbons (Fsp3) is 0.375. The lowest BCUT2D eigenvalue weighted by atomic mass is 9.79. The largest absolute Gasteiger partial charge is 0.488 e. The van der Waals surface area contributed by atoms with E-state index in [1.165, 1.54) is 23.0 Å². The molecule has 4 aromatic rings. The molecule has 0 saturated heterocycles. The third-order valence-corrected chi connectivity index (χ3v) is 6.10. The van der Waals surface area contributed by atoms with Crippen LogP contribution in [0.3, 0.4) is 0 Å². The molecule has 0 atom stereocenters. The highest BCUT2D eigenvalue weighted by molar-refractivity contribution is 6.58. The SMILES string of the molecule is CC(C)(C)c1cc(Cl)ncn1.Cc1cc(C)cc(-c2cc(C(C)(C)C)ncn2)c1.Cc1cc(C)cc(B(O)O)c1. The van der Waals surface area contributed by atoms with Gasteiger partial charge in [-0.2, -0.15) is 0 Å². The van der Waals surface area contributed by atoms with Crippen molar-refractivity contribution in [1.82, 2.24) is 19.9 Å². The Balaban J connectivity index is 0.000000222. The second-order valence-corrected chi connectivity index (χ2v) is 12.6. The Kier molecular flexibility index (Phi) is 11.6. The van der Waals surface area contributed by atoms with Gasteiger partial charge in [-0.15, -0.1) is 0 Å². The van der Waals surface area contributed by atoms with Crippen LogP contribution in [0.5, 0.6) is 0 Å². The molecule has 0 bridgehead atoms. The first-order valence-electron chi connectivity index (χ1n) is 13.3. The Hall–Kier alpha value is -3.13. The van der Waals surface area contributed by atoms with Crippen LogP contribution in [0.25, 0.3) is 11.3 Å². The minimum absolute atomic E-state index is 0.0482. The number of hydrogen-bond acceptors (Lipinski definition) is 6. The summed E-state index contributed by atoms with van der Waals surface area (Å²) in [6.45, 7) is 20.9. The fourth-order valence-corrected chi connectivity index (χ4v) is 4.10. The van der Waals surface area contributed by atoms with E-state index in [2.05, 4.69) is 99.6 Å². The molecule has 0 unspecified atom stereocenters. The van der Waals surface area contributed by atoms with Gasteiger partial charge in [0.1, 0.15) is 17.8 Å². The van der Waals surface area contributed by atoms with Gasteiger partial charge in [0.05, 0.1) is 11.4 Å². The molecular formula is C32H42BClN4O2. The molecule has 0 fully saturated rings. The highest BCUT2D eigenvalue weighted by atomic mass is 35.5. The Labute approximate surface area is 245 Å². The molecule has 0 spiro atoms. The summed E-state index contributed by atoms with van der Waals surface area (Å²) in [4.78, 5) is 16.7. The standard InChI is InChI=1S/C16H20N2.C8H11BO2.C8H11ClN2/c1-11-6-12(2)8-13(7-11)14-9-15(16(3,4)5)18-10-17-14;1-6-3-7(2)5-8(4-6)9(10)11;1-8(2,3)6-4-7(9)11-5-10-6/h6-10H,1-5H3;3-5,10-11H,1-2H3;4-5H,1-3H3. The topological polar surface area (TPSA) is 92.0 Å². The van der Waals surface area contributed by atoms with Crippen molar-refractivity contribution in [3.63, 3.8) is 0 Å². The fourth-order valence-electron chi connectivity index (χ4n) is 3.95. The van der Waals surface area contributed by atoms with E-state index in [4.69, 9.17) is 21.6 Å². The van der Waals surface area contributed by atoms with Crippen molar-refractivity contribution in [2.75, 3.05) is 0 Å². The van der Waals surface area contributed by atoms with Crippen LogP contribution in [0.4, 0.5) is 0 Å². The van der Waals surface area contributed by atoms with Crippen molar-refractivity contribution in [2.45, 2.75) is 80.1 Å². The van der Waals surface area contributed by atoms with Gasteiger partial charge in [-0.05, 0) is 57.4 Å². The lowest BCUT2D eigenvalue weighted by Crippen LogP contribution is -2.30. The molecular weight excluding hydrogens is 519 g/mol. The van der Waals surface area contributed by atoms with E-state index in [1.54, 1.807) is 24.5 Å². The van der Waals surface area contributed by atoms with E-state index in [1.807, 2.05) is 19.9 Å². The van der Waals surface area contributed by atoms with Gasteiger partial charge in [-0.1, -0.05) is 99.7 Å². The molecule has 2 aromatic carbocycles. The highest BCUT2D eigenvalue weighted by Gasteiger charge is 2.17. The molecule has 0 aliphatic heterocycles. The van der Waals surface area contributed by atoms with Crippen LogP contribution in [0.2, 0.25) is 5.15 Å². The third kappa shape index (κ3) is 10.8. The van der Waals surface area contributed by atoms with E-state index >= 15 is 0 Å². The summed E-state index contributed by atoms with van der Waals surface area (Å²) in [5, 5.41) is 18.2. The van der Waals surface area contributed by atoms with E-state index in [9.17, 15) is 0 Å². The predicted octanol–water partition coefficient (Wildman–Crippen LogP) is 6.47. The molecule has 2 heterocycles. The first-order chi connectivity index (χ1) is 18.5. The molecule has 0 aliphatic rings. The average molecular weight is 561 g/mol. The zero-order valence-electron chi connectivity index (χ0n) is 25.4. The number of hydrogen-bond donors (Lipinski definition) is 2. The van der Waals surface area contributed by atoms with Gasteiger partial charge in [0, 0.05) is 22.1 Å². The van der Waals surface area contributed by atoms with E-state index in [-0.39, 0.29) is 10.8 Å². The summed E-state index contributed by atoms with van der Waals surface area (Å²) in [6, 6.07) is 15.9. The summed E-state index contributed by atoms with van der Waals surface area (Å²) >= 11 is 5.70. The first kappa shape index (κ1) is 33.1. The molecule has 2 N–H and O–H groups in total. The average Bonchev–Trinajstić information content (AvgIpc) is 2.83. The molecule has 0 amide bonds. The van der Waals surface area contributed by atoms with E-state index < -0.39 is 7.12 Å². The van der Waals surface area contributed by atoms with Crippen molar-refractivity contribution in [1.29, 1.82) is 0 Å². The summed E-state index contributed by atoms with van der Waals surface area (Å²) in [6.07, 6.45) is 3.15. The Morgan fingerprint density at radius 1 is 0.575 bits per heavy atom. The predicted molar refractivity (Wildman–Crippen MR) is 167 cm³/mol. The normalized spacial score (nSPS) is 11.1. The van der Waals surface area contributed by atoms with Gasteiger partial charge in [0.2, 0.25) is 0 Å². The maximum atomic E-state index is 8.83. The van der Waals surface area contributed by atoms with Crippen molar-refractivity contribution in [2.24, 2.45) is 0 Å². The minimum Gasteiger partial charge on any atom is -0.423 e. The number of halogens is 1. The zero-order chi connectivity index (χ0) is 30.3. The van der Waals surface area contributed by atoms with Crippen molar-refractivity contribution >= 4 is 24.2 Å². The smallest absolute Gasteiger partial charge is 0.423 e.